The van der Waals surface area contributed by atoms with Gasteiger partial charge in [-0.25, -0.2) is 14.4 Å². The number of halogens is 1. The maximum absolute atomic E-state index is 14.0. The van der Waals surface area contributed by atoms with Crippen molar-refractivity contribution in [2.75, 3.05) is 31.9 Å². The van der Waals surface area contributed by atoms with Crippen LogP contribution in [0.2, 0.25) is 0 Å². The largest absolute Gasteiger partial charge is 0.368 e. The lowest BCUT2D eigenvalue weighted by Crippen LogP contribution is -2.46. The Morgan fingerprint density at radius 1 is 1.03 bits per heavy atom. The monoisotopic (exact) mass is 424 g/mol. The maximum atomic E-state index is 14.0. The zero-order valence-corrected chi connectivity index (χ0v) is 17.6. The van der Waals surface area contributed by atoms with E-state index in [1.807, 2.05) is 4.90 Å². The number of carbonyl (C=O) groups is 1. The number of nitrogens with zero attached hydrogens (tertiary/aromatic N) is 4. The predicted molar refractivity (Wildman–Crippen MR) is 117 cm³/mol. The van der Waals surface area contributed by atoms with Gasteiger partial charge >= 0.3 is 0 Å². The first-order valence-corrected chi connectivity index (χ1v) is 10.9. The quantitative estimate of drug-likeness (QED) is 0.719. The van der Waals surface area contributed by atoms with E-state index in [1.165, 1.54) is 6.07 Å². The molecule has 4 rings (SSSR count). The fraction of sp³-hybridized carbons (Fsp3) is 0.478. The van der Waals surface area contributed by atoms with Crippen molar-refractivity contribution in [3.05, 3.63) is 53.6 Å². The van der Waals surface area contributed by atoms with Gasteiger partial charge in [-0.1, -0.05) is 18.2 Å². The molecule has 0 spiro atoms. The van der Waals surface area contributed by atoms with E-state index < -0.39 is 0 Å². The van der Waals surface area contributed by atoms with Crippen molar-refractivity contribution in [2.45, 2.75) is 32.2 Å². The molecule has 2 aromatic rings. The molecule has 8 heteroatoms. The maximum Gasteiger partial charge on any atom is 0.225 e. The Bertz CT molecular complexity index is 918. The molecule has 0 radical (unpaired) electrons. The normalized spacial score (nSPS) is 18.8. The Kier molecular flexibility index (Phi) is 6.56. The van der Waals surface area contributed by atoms with Crippen molar-refractivity contribution in [2.24, 2.45) is 11.8 Å². The van der Waals surface area contributed by atoms with Gasteiger partial charge in [0.2, 0.25) is 11.9 Å². The number of carbonyl (C=O) groups excluding carboxylic acids is 1. The van der Waals surface area contributed by atoms with Crippen LogP contribution < -0.4 is 5.73 Å². The summed E-state index contributed by atoms with van der Waals surface area (Å²) in [6.45, 7) is 3.79. The van der Waals surface area contributed by atoms with Crippen LogP contribution in [0.4, 0.5) is 10.3 Å². The van der Waals surface area contributed by atoms with Crippen molar-refractivity contribution < 1.29 is 9.18 Å². The summed E-state index contributed by atoms with van der Waals surface area (Å²) >= 11 is 0. The lowest BCUT2D eigenvalue weighted by molar-refractivity contribution is -0.138. The highest BCUT2D eigenvalue weighted by Gasteiger charge is 2.32. The van der Waals surface area contributed by atoms with Gasteiger partial charge in [-0.3, -0.25) is 9.69 Å². The van der Waals surface area contributed by atoms with Crippen LogP contribution in [-0.4, -0.2) is 57.6 Å². The van der Waals surface area contributed by atoms with Crippen LogP contribution in [0.5, 0.6) is 0 Å². The number of benzene rings is 1. The van der Waals surface area contributed by atoms with Gasteiger partial charge in [0.15, 0.2) is 0 Å². The molecule has 2 aliphatic heterocycles. The van der Waals surface area contributed by atoms with Gasteiger partial charge in [-0.2, -0.15) is 0 Å². The predicted octanol–water partition coefficient (Wildman–Crippen LogP) is 2.72. The van der Waals surface area contributed by atoms with E-state index in [1.54, 1.807) is 30.6 Å². The summed E-state index contributed by atoms with van der Waals surface area (Å²) < 4.78 is 14.0. The Labute approximate surface area is 182 Å². The molecule has 0 aliphatic carbocycles. The number of piperidine rings is 2. The van der Waals surface area contributed by atoms with E-state index in [9.17, 15) is 9.18 Å². The van der Waals surface area contributed by atoms with Crippen LogP contribution >= 0.6 is 0 Å². The smallest absolute Gasteiger partial charge is 0.225 e. The van der Waals surface area contributed by atoms with Crippen molar-refractivity contribution in [3.63, 3.8) is 0 Å². The molecule has 1 aromatic carbocycles. The number of amides is 1. The van der Waals surface area contributed by atoms with Crippen LogP contribution in [-0.2, 0) is 11.3 Å². The second-order valence-corrected chi connectivity index (χ2v) is 8.49. The summed E-state index contributed by atoms with van der Waals surface area (Å²) in [5, 5.41) is 8.40. The fourth-order valence-electron chi connectivity index (χ4n) is 4.59. The van der Waals surface area contributed by atoms with Gasteiger partial charge in [0, 0.05) is 60.7 Å². The van der Waals surface area contributed by atoms with Gasteiger partial charge in [0.25, 0.3) is 0 Å². The standard InChI is InChI=1S/C23H29FN6O/c24-20-4-2-1-3-19(20)21(25)17-7-11-30(12-8-17)22(31)18-5-9-29(10-6-18)15-16-13-27-23(26)28-14-16/h1-4,13-14,17-18,25H,5-12,15H2,(H2,26,27,28). The molecule has 2 saturated heterocycles. The number of nitrogens with one attached hydrogen (secondary N) is 1. The van der Waals surface area contributed by atoms with Gasteiger partial charge in [0.05, 0.1) is 0 Å². The number of nitrogen functional groups attached to an aromatic ring is 1. The zero-order chi connectivity index (χ0) is 21.8. The second-order valence-electron chi connectivity index (χ2n) is 8.49. The summed E-state index contributed by atoms with van der Waals surface area (Å²) in [6.07, 6.45) is 6.63. The minimum absolute atomic E-state index is 0.00456. The van der Waals surface area contributed by atoms with Gasteiger partial charge in [-0.05, 0) is 44.8 Å². The summed E-state index contributed by atoms with van der Waals surface area (Å²) in [6, 6.07) is 6.47. The van der Waals surface area contributed by atoms with Crippen LogP contribution in [0.25, 0.3) is 0 Å². The number of aromatic nitrogens is 2. The van der Waals surface area contributed by atoms with Crippen molar-refractivity contribution in [1.29, 1.82) is 5.41 Å². The average molecular weight is 425 g/mol. The molecule has 1 amide bonds. The molecule has 2 fully saturated rings. The minimum Gasteiger partial charge on any atom is -0.368 e. The van der Waals surface area contributed by atoms with E-state index >= 15 is 0 Å². The summed E-state index contributed by atoms with van der Waals surface area (Å²) in [5.74, 6) is 0.224. The SMILES string of the molecule is N=C(c1ccccc1F)C1CCN(C(=O)C2CCN(Cc3cnc(N)nc3)CC2)CC1. The lowest BCUT2D eigenvalue weighted by Gasteiger charge is -2.37. The van der Waals surface area contributed by atoms with Crippen LogP contribution in [0, 0.1) is 23.1 Å². The van der Waals surface area contributed by atoms with Crippen molar-refractivity contribution in [1.82, 2.24) is 19.8 Å². The summed E-state index contributed by atoms with van der Waals surface area (Å²) in [7, 11) is 0. The summed E-state index contributed by atoms with van der Waals surface area (Å²) in [4.78, 5) is 25.3. The molecule has 3 N–H and O–H groups in total. The number of anilines is 1. The molecule has 2 aliphatic rings. The zero-order valence-electron chi connectivity index (χ0n) is 17.6. The number of rotatable bonds is 5. The molecule has 0 unspecified atom stereocenters. The van der Waals surface area contributed by atoms with E-state index in [4.69, 9.17) is 11.1 Å². The highest BCUT2D eigenvalue weighted by Crippen LogP contribution is 2.27. The molecule has 7 nitrogen and oxygen atoms in total. The molecular weight excluding hydrogens is 395 g/mol. The third-order valence-corrected chi connectivity index (χ3v) is 6.45. The van der Waals surface area contributed by atoms with Gasteiger partial charge < -0.3 is 16.0 Å². The van der Waals surface area contributed by atoms with Crippen LogP contribution in [0.15, 0.2) is 36.7 Å². The van der Waals surface area contributed by atoms with Gasteiger partial charge in [-0.15, -0.1) is 0 Å². The summed E-state index contributed by atoms with van der Waals surface area (Å²) in [5.41, 5.74) is 7.30. The van der Waals surface area contributed by atoms with E-state index in [0.29, 0.717) is 24.4 Å². The first kappa shape index (κ1) is 21.4. The van der Waals surface area contributed by atoms with Crippen molar-refractivity contribution >= 4 is 17.6 Å². The molecule has 3 heterocycles. The molecule has 0 bridgehead atoms. The average Bonchev–Trinajstić information content (AvgIpc) is 2.81. The van der Waals surface area contributed by atoms with Crippen LogP contribution in [0.1, 0.15) is 36.8 Å². The number of hydrogen-bond donors (Lipinski definition) is 2. The highest BCUT2D eigenvalue weighted by molar-refractivity contribution is 6.00. The highest BCUT2D eigenvalue weighted by atomic mass is 19.1. The third-order valence-electron chi connectivity index (χ3n) is 6.45. The fourth-order valence-corrected chi connectivity index (χ4v) is 4.59. The second kappa shape index (κ2) is 9.51. The molecule has 1 aromatic heterocycles. The number of hydrogen-bond acceptors (Lipinski definition) is 6. The van der Waals surface area contributed by atoms with E-state index in [-0.39, 0.29) is 29.5 Å². The Balaban J connectivity index is 1.24. The third kappa shape index (κ3) is 5.07. The molecule has 0 saturated carbocycles. The minimum atomic E-state index is -0.344. The topological polar surface area (TPSA) is 99.2 Å². The van der Waals surface area contributed by atoms with Crippen LogP contribution in [0.3, 0.4) is 0 Å². The number of likely N-dealkylation sites (tertiary alicyclic amines) is 2. The first-order valence-electron chi connectivity index (χ1n) is 10.9. The Morgan fingerprint density at radius 3 is 2.29 bits per heavy atom. The molecule has 0 atom stereocenters. The molecular formula is C23H29FN6O. The Hall–Kier alpha value is -2.87. The van der Waals surface area contributed by atoms with Gasteiger partial charge in [0.1, 0.15) is 5.82 Å². The number of nitrogens with two attached hydrogens (primary N) is 1. The molecule has 164 valence electrons. The van der Waals surface area contributed by atoms with E-state index in [2.05, 4.69) is 14.9 Å². The Morgan fingerprint density at radius 2 is 1.65 bits per heavy atom. The lowest BCUT2D eigenvalue weighted by atomic mass is 9.87. The van der Waals surface area contributed by atoms with Crippen molar-refractivity contribution in [3.8, 4) is 0 Å². The molecule has 31 heavy (non-hydrogen) atoms. The first-order chi connectivity index (χ1) is 15.0. The van der Waals surface area contributed by atoms with E-state index in [0.717, 1.165) is 50.9 Å².